The second-order valence-corrected chi connectivity index (χ2v) is 17.8. The molecule has 0 unspecified atom stereocenters. The molecular formula is C37H49N5O10S. The number of pyridine rings is 1. The Labute approximate surface area is 309 Å². The van der Waals surface area contributed by atoms with E-state index in [1.807, 2.05) is 30.4 Å². The number of fused-ring (bicyclic) bond motifs is 3. The van der Waals surface area contributed by atoms with Gasteiger partial charge in [-0.3, -0.25) is 19.1 Å². The van der Waals surface area contributed by atoms with Crippen LogP contribution in [0.3, 0.4) is 0 Å². The van der Waals surface area contributed by atoms with E-state index in [1.165, 1.54) is 4.90 Å². The Morgan fingerprint density at radius 3 is 2.60 bits per heavy atom. The third-order valence-corrected chi connectivity index (χ3v) is 12.5. The van der Waals surface area contributed by atoms with E-state index in [-0.39, 0.29) is 31.9 Å². The molecule has 1 saturated heterocycles. The van der Waals surface area contributed by atoms with Crippen molar-refractivity contribution in [1.82, 2.24) is 25.2 Å². The van der Waals surface area contributed by atoms with Crippen molar-refractivity contribution in [3.8, 4) is 11.6 Å². The number of allylic oxidation sites excluding steroid dienone is 1. The number of nitrogens with zero attached hydrogens (tertiary/aromatic N) is 2. The Morgan fingerprint density at radius 2 is 1.91 bits per heavy atom. The highest BCUT2D eigenvalue weighted by atomic mass is 32.2. The molecule has 2 aliphatic carbocycles. The Hall–Kier alpha value is -4.44. The summed E-state index contributed by atoms with van der Waals surface area (Å²) in [5, 5.41) is 7.02. The van der Waals surface area contributed by atoms with Gasteiger partial charge in [0.15, 0.2) is 0 Å². The number of aromatic nitrogens is 1. The van der Waals surface area contributed by atoms with Crippen LogP contribution in [-0.4, -0.2) is 103 Å². The number of hydrogen-bond donors (Lipinski definition) is 3. The van der Waals surface area contributed by atoms with Crippen molar-refractivity contribution in [3.05, 3.63) is 42.6 Å². The first-order valence-electron chi connectivity index (χ1n) is 18.0. The second-order valence-electron chi connectivity index (χ2n) is 15.6. The lowest BCUT2D eigenvalue weighted by Crippen LogP contribution is -2.60. The van der Waals surface area contributed by atoms with Gasteiger partial charge in [-0.05, 0) is 96.4 Å². The van der Waals surface area contributed by atoms with Crippen molar-refractivity contribution >= 4 is 44.6 Å². The molecule has 4 aliphatic rings. The highest BCUT2D eigenvalue weighted by molar-refractivity contribution is 7.91. The summed E-state index contributed by atoms with van der Waals surface area (Å²) in [5.41, 5.74) is -2.40. The van der Waals surface area contributed by atoms with Crippen LogP contribution in [0.1, 0.15) is 73.1 Å². The van der Waals surface area contributed by atoms with Crippen LogP contribution in [-0.2, 0) is 33.9 Å². The molecular weight excluding hydrogens is 706 g/mol. The van der Waals surface area contributed by atoms with Gasteiger partial charge in [0.2, 0.25) is 27.7 Å². The number of methoxy groups -OCH3 is 1. The van der Waals surface area contributed by atoms with Gasteiger partial charge in [0, 0.05) is 30.5 Å². The lowest BCUT2D eigenvalue weighted by atomic mass is 10.1. The third-order valence-electron chi connectivity index (χ3n) is 10.3. The topological polar surface area (TPSA) is 192 Å². The largest absolute Gasteiger partial charge is 0.497 e. The maximum atomic E-state index is 14.6. The molecule has 6 rings (SSSR count). The van der Waals surface area contributed by atoms with E-state index in [0.717, 1.165) is 5.39 Å². The molecule has 1 aromatic heterocycles. The first-order chi connectivity index (χ1) is 24.9. The quantitative estimate of drug-likeness (QED) is 0.352. The Morgan fingerprint density at radius 1 is 1.15 bits per heavy atom. The van der Waals surface area contributed by atoms with Crippen LogP contribution in [0.25, 0.3) is 10.8 Å². The predicted molar refractivity (Wildman–Crippen MR) is 193 cm³/mol. The zero-order valence-corrected chi connectivity index (χ0v) is 31.8. The normalized spacial score (nSPS) is 29.3. The molecule has 1 aromatic carbocycles. The summed E-state index contributed by atoms with van der Waals surface area (Å²) in [5.74, 6) is -1.65. The molecule has 0 spiro atoms. The maximum Gasteiger partial charge on any atom is 0.408 e. The molecule has 15 nitrogen and oxygen atoms in total. The van der Waals surface area contributed by atoms with E-state index in [0.29, 0.717) is 36.8 Å². The van der Waals surface area contributed by atoms with Crippen LogP contribution in [0.5, 0.6) is 11.6 Å². The molecule has 2 saturated carbocycles. The van der Waals surface area contributed by atoms with Crippen LogP contribution in [0, 0.1) is 5.92 Å². The fourth-order valence-corrected chi connectivity index (χ4v) is 8.08. The first-order valence-corrected chi connectivity index (χ1v) is 19.5. The molecule has 3 N–H and O–H groups in total. The molecule has 16 heteroatoms. The average molecular weight is 756 g/mol. The lowest BCUT2D eigenvalue weighted by Gasteiger charge is -2.32. The van der Waals surface area contributed by atoms with Crippen molar-refractivity contribution < 1.29 is 46.5 Å². The fourth-order valence-electron chi connectivity index (χ4n) is 6.77. The zero-order chi connectivity index (χ0) is 38.3. The van der Waals surface area contributed by atoms with Crippen molar-refractivity contribution in [2.75, 3.05) is 20.3 Å². The number of amides is 4. The van der Waals surface area contributed by atoms with Gasteiger partial charge >= 0.3 is 6.09 Å². The minimum absolute atomic E-state index is 0.00870. The lowest BCUT2D eigenvalue weighted by molar-refractivity contribution is -0.143. The molecule has 0 bridgehead atoms. The number of alkyl carbamates (subject to hydrolysis) is 1. The molecule has 6 atom stereocenters. The molecule has 2 aliphatic heterocycles. The molecule has 53 heavy (non-hydrogen) atoms. The van der Waals surface area contributed by atoms with Crippen LogP contribution in [0.2, 0.25) is 0 Å². The molecule has 3 fully saturated rings. The summed E-state index contributed by atoms with van der Waals surface area (Å²) >= 11 is 0. The number of hydrogen-bond acceptors (Lipinski definition) is 11. The van der Waals surface area contributed by atoms with E-state index in [9.17, 15) is 27.6 Å². The summed E-state index contributed by atoms with van der Waals surface area (Å²) in [4.78, 5) is 61.6. The van der Waals surface area contributed by atoms with Crippen molar-refractivity contribution in [2.24, 2.45) is 5.92 Å². The van der Waals surface area contributed by atoms with Gasteiger partial charge < -0.3 is 34.5 Å². The number of ether oxygens (including phenoxy) is 4. The number of nitrogens with one attached hydrogen (secondary N) is 3. The molecule has 4 amide bonds. The van der Waals surface area contributed by atoms with Crippen LogP contribution in [0.15, 0.2) is 42.6 Å². The Kier molecular flexibility index (Phi) is 10.4. The molecule has 0 radical (unpaired) electrons. The number of carbonyl (C=O) groups is 4. The highest BCUT2D eigenvalue weighted by Gasteiger charge is 2.63. The van der Waals surface area contributed by atoms with Gasteiger partial charge in [-0.1, -0.05) is 12.2 Å². The van der Waals surface area contributed by atoms with E-state index in [4.69, 9.17) is 18.9 Å². The first kappa shape index (κ1) is 38.3. The second kappa shape index (κ2) is 14.4. The van der Waals surface area contributed by atoms with Gasteiger partial charge in [-0.25, -0.2) is 18.2 Å². The summed E-state index contributed by atoms with van der Waals surface area (Å²) in [6, 6.07) is 4.80. The molecule has 3 heterocycles. The van der Waals surface area contributed by atoms with Crippen LogP contribution in [0.4, 0.5) is 4.79 Å². The zero-order valence-electron chi connectivity index (χ0n) is 31.0. The number of benzene rings is 1. The summed E-state index contributed by atoms with van der Waals surface area (Å²) in [6.45, 7) is 8.52. The minimum Gasteiger partial charge on any atom is -0.497 e. The van der Waals surface area contributed by atoms with Crippen LogP contribution < -0.4 is 24.8 Å². The van der Waals surface area contributed by atoms with E-state index < -0.39 is 79.9 Å². The van der Waals surface area contributed by atoms with Gasteiger partial charge in [0.25, 0.3) is 5.91 Å². The Bertz CT molecular complexity index is 1910. The SMILES string of the molecule is COc1ccc2c(O[C@@H]3C[C@H]4C(=O)N[C@]5(C(=O)NS(=O)(=O)C6(C)CC6)C[C@H]5/C=C\CCCO[C@@H](C)[C@H](NC(=O)OC(C)(C)C)C(=O)N4C3)nccc2c1. The summed E-state index contributed by atoms with van der Waals surface area (Å²) in [6.07, 6.45) is 5.04. The van der Waals surface area contributed by atoms with E-state index in [1.54, 1.807) is 54.0 Å². The predicted octanol–water partition coefficient (Wildman–Crippen LogP) is 3.11. The van der Waals surface area contributed by atoms with Crippen molar-refractivity contribution in [3.63, 3.8) is 0 Å². The molecule has 288 valence electrons. The maximum absolute atomic E-state index is 14.6. The summed E-state index contributed by atoms with van der Waals surface area (Å²) < 4.78 is 50.7. The highest BCUT2D eigenvalue weighted by Crippen LogP contribution is 2.47. The Balaban J connectivity index is 1.33. The fraction of sp³-hybridized carbons (Fsp3) is 0.595. The number of carbonyl (C=O) groups excluding carboxylic acids is 4. The van der Waals surface area contributed by atoms with Crippen molar-refractivity contribution in [1.29, 1.82) is 0 Å². The summed E-state index contributed by atoms with van der Waals surface area (Å²) in [7, 11) is -2.44. The monoisotopic (exact) mass is 755 g/mol. The van der Waals surface area contributed by atoms with Crippen molar-refractivity contribution in [2.45, 2.75) is 113 Å². The van der Waals surface area contributed by atoms with Gasteiger partial charge in [0.1, 0.15) is 35.1 Å². The number of sulfonamides is 1. The van der Waals surface area contributed by atoms with Crippen LogP contribution >= 0.6 is 0 Å². The average Bonchev–Trinajstić information content (AvgIpc) is 3.97. The smallest absolute Gasteiger partial charge is 0.408 e. The minimum atomic E-state index is -4.00. The van der Waals surface area contributed by atoms with E-state index >= 15 is 0 Å². The number of rotatable bonds is 7. The molecule has 2 aromatic rings. The van der Waals surface area contributed by atoms with Gasteiger partial charge in [-0.2, -0.15) is 0 Å². The standard InChI is InChI=1S/C37H49N5O10S/c1-22-29(39-34(46)52-35(2,3)4)32(44)42-21-26(51-31-27-12-11-25(49-6)18-23(27)13-16-38-31)19-28(42)30(43)40-37(20-24(37)10-8-7-9-17-50-22)33(45)41-53(47,48)36(5)14-15-36/h8,10-13,16,18,22,24,26,28-29H,7,9,14-15,17,19-21H2,1-6H3,(H,39,46)(H,40,43)(H,41,45)/b10-8-/t22-,24+,26+,28-,29-,37+/m0/s1. The van der Waals surface area contributed by atoms with Gasteiger partial charge in [-0.15, -0.1) is 0 Å². The van der Waals surface area contributed by atoms with Gasteiger partial charge in [0.05, 0.1) is 24.5 Å². The third kappa shape index (κ3) is 8.22. The van der Waals surface area contributed by atoms with E-state index in [2.05, 4.69) is 20.3 Å².